The van der Waals surface area contributed by atoms with Gasteiger partial charge in [0.25, 0.3) is 16.8 Å². The van der Waals surface area contributed by atoms with Gasteiger partial charge in [0.05, 0.1) is 26.6 Å². The quantitative estimate of drug-likeness (QED) is 0.0985. The minimum atomic E-state index is -0.506. The van der Waals surface area contributed by atoms with Crippen molar-refractivity contribution in [2.45, 2.75) is 20.1 Å². The minimum absolute atomic E-state index is 0.0156. The third kappa shape index (κ3) is 6.60. The van der Waals surface area contributed by atoms with Gasteiger partial charge in [-0.15, -0.1) is 0 Å². The zero-order valence-electron chi connectivity index (χ0n) is 19.8. The molecule has 38 heavy (non-hydrogen) atoms. The largest absolute Gasteiger partial charge is 0.490 e. The standard InChI is InChI=1S/C26H19Cl2IN2O6S/c1-2-36-22-10-16(9-21(29)24(22)37-14-17-5-6-18(27)12-20(17)28)11-23-25(32)30(26(33)38-23)13-15-3-7-19(8-4-15)31(34)35/h3-12H,2,13-14H2,1H3/b23-11+. The number of carbonyl (C=O) groups is 2. The molecule has 0 radical (unpaired) electrons. The Kier molecular flexibility index (Phi) is 9.19. The van der Waals surface area contributed by atoms with Crippen LogP contribution in [0.5, 0.6) is 11.5 Å². The van der Waals surface area contributed by atoms with E-state index in [0.29, 0.717) is 39.3 Å². The van der Waals surface area contributed by atoms with Crippen molar-refractivity contribution in [2.75, 3.05) is 6.61 Å². The molecule has 0 aliphatic carbocycles. The first-order chi connectivity index (χ1) is 18.2. The molecule has 1 aliphatic heterocycles. The fourth-order valence-electron chi connectivity index (χ4n) is 3.56. The lowest BCUT2D eigenvalue weighted by atomic mass is 10.1. The van der Waals surface area contributed by atoms with Gasteiger partial charge in [-0.3, -0.25) is 24.6 Å². The fraction of sp³-hybridized carbons (Fsp3) is 0.154. The van der Waals surface area contributed by atoms with Crippen molar-refractivity contribution in [3.63, 3.8) is 0 Å². The average Bonchev–Trinajstić information content (AvgIpc) is 3.12. The molecule has 0 N–H and O–H groups in total. The number of non-ortho nitro benzene ring substituents is 1. The van der Waals surface area contributed by atoms with Crippen LogP contribution in [0.1, 0.15) is 23.6 Å². The maximum Gasteiger partial charge on any atom is 0.293 e. The van der Waals surface area contributed by atoms with Crippen molar-refractivity contribution in [2.24, 2.45) is 0 Å². The van der Waals surface area contributed by atoms with Gasteiger partial charge in [-0.1, -0.05) is 41.4 Å². The van der Waals surface area contributed by atoms with Crippen LogP contribution in [0.2, 0.25) is 10.0 Å². The van der Waals surface area contributed by atoms with Crippen LogP contribution in [0.25, 0.3) is 6.08 Å². The Balaban J connectivity index is 1.54. The smallest absolute Gasteiger partial charge is 0.293 e. The van der Waals surface area contributed by atoms with Crippen LogP contribution in [0, 0.1) is 13.7 Å². The second-order valence-corrected chi connectivity index (χ2v) is 11.0. The molecular weight excluding hydrogens is 666 g/mol. The Morgan fingerprint density at radius 3 is 2.47 bits per heavy atom. The molecule has 0 unspecified atom stereocenters. The number of hydrogen-bond acceptors (Lipinski definition) is 7. The van der Waals surface area contributed by atoms with Crippen molar-refractivity contribution in [3.8, 4) is 11.5 Å². The van der Waals surface area contributed by atoms with Gasteiger partial charge in [-0.2, -0.15) is 0 Å². The lowest BCUT2D eigenvalue weighted by Gasteiger charge is -2.15. The van der Waals surface area contributed by atoms with Crippen molar-refractivity contribution in [1.82, 2.24) is 4.90 Å². The van der Waals surface area contributed by atoms with E-state index in [2.05, 4.69) is 22.6 Å². The molecule has 0 bridgehead atoms. The van der Waals surface area contributed by atoms with Crippen LogP contribution in [-0.2, 0) is 17.9 Å². The van der Waals surface area contributed by atoms with E-state index in [-0.39, 0.29) is 23.7 Å². The predicted molar refractivity (Wildman–Crippen MR) is 156 cm³/mol. The molecule has 8 nitrogen and oxygen atoms in total. The molecule has 1 aliphatic rings. The van der Waals surface area contributed by atoms with Gasteiger partial charge in [0.1, 0.15) is 6.61 Å². The molecule has 0 saturated carbocycles. The molecule has 2 amide bonds. The van der Waals surface area contributed by atoms with Crippen LogP contribution in [0.4, 0.5) is 10.5 Å². The van der Waals surface area contributed by atoms with Crippen LogP contribution < -0.4 is 9.47 Å². The van der Waals surface area contributed by atoms with Crippen molar-refractivity contribution < 1.29 is 24.0 Å². The van der Waals surface area contributed by atoms with Crippen LogP contribution in [-0.4, -0.2) is 27.6 Å². The first-order valence-corrected chi connectivity index (χ1v) is 13.8. The number of carbonyl (C=O) groups excluding carboxylic acids is 2. The van der Waals surface area contributed by atoms with Crippen LogP contribution >= 0.6 is 57.6 Å². The average molecular weight is 685 g/mol. The molecule has 3 aromatic carbocycles. The first-order valence-electron chi connectivity index (χ1n) is 11.2. The number of nitro benzene ring substituents is 1. The Hall–Kier alpha value is -2.80. The number of hydrogen-bond donors (Lipinski definition) is 0. The van der Waals surface area contributed by atoms with E-state index in [1.807, 2.05) is 13.0 Å². The fourth-order valence-corrected chi connectivity index (χ4v) is 5.64. The summed E-state index contributed by atoms with van der Waals surface area (Å²) >= 11 is 15.2. The Morgan fingerprint density at radius 2 is 1.82 bits per heavy atom. The van der Waals surface area contributed by atoms with Gasteiger partial charge in [-0.25, -0.2) is 0 Å². The number of halogens is 3. The molecule has 1 heterocycles. The van der Waals surface area contributed by atoms with Gasteiger partial charge < -0.3 is 9.47 Å². The van der Waals surface area contributed by atoms with E-state index >= 15 is 0 Å². The molecule has 0 spiro atoms. The lowest BCUT2D eigenvalue weighted by Crippen LogP contribution is -2.27. The molecule has 0 atom stereocenters. The van der Waals surface area contributed by atoms with E-state index in [1.54, 1.807) is 30.3 Å². The third-order valence-electron chi connectivity index (χ3n) is 5.38. The maximum absolute atomic E-state index is 13.0. The summed E-state index contributed by atoms with van der Waals surface area (Å²) in [6, 6.07) is 14.5. The topological polar surface area (TPSA) is 99.0 Å². The summed E-state index contributed by atoms with van der Waals surface area (Å²) in [7, 11) is 0. The summed E-state index contributed by atoms with van der Waals surface area (Å²) in [5.74, 6) is 0.576. The molecule has 3 aromatic rings. The van der Waals surface area contributed by atoms with E-state index in [4.69, 9.17) is 32.7 Å². The summed E-state index contributed by atoms with van der Waals surface area (Å²) in [5.41, 5.74) is 1.97. The molecular formula is C26H19Cl2IN2O6S. The summed E-state index contributed by atoms with van der Waals surface area (Å²) in [4.78, 5) is 37.3. The van der Waals surface area contributed by atoms with Gasteiger partial charge >= 0.3 is 0 Å². The SMILES string of the molecule is CCOc1cc(/C=C2/SC(=O)N(Cc3ccc([N+](=O)[O-])cc3)C2=O)cc(I)c1OCc1ccc(Cl)cc1Cl. The first kappa shape index (κ1) is 28.2. The number of rotatable bonds is 9. The third-order valence-corrected chi connectivity index (χ3v) is 7.67. The monoisotopic (exact) mass is 684 g/mol. The van der Waals surface area contributed by atoms with E-state index in [1.165, 1.54) is 24.3 Å². The van der Waals surface area contributed by atoms with Gasteiger partial charge in [-0.05, 0) is 82.7 Å². The number of thioether (sulfide) groups is 1. The number of benzene rings is 3. The summed E-state index contributed by atoms with van der Waals surface area (Å²) in [5, 5.41) is 11.5. The Bertz CT molecular complexity index is 1450. The van der Waals surface area contributed by atoms with E-state index in [9.17, 15) is 19.7 Å². The number of amides is 2. The van der Waals surface area contributed by atoms with Crippen LogP contribution in [0.15, 0.2) is 59.5 Å². The summed E-state index contributed by atoms with van der Waals surface area (Å²) < 4.78 is 12.6. The van der Waals surface area contributed by atoms with E-state index in [0.717, 1.165) is 25.8 Å². The molecule has 1 fully saturated rings. The molecule has 196 valence electrons. The molecule has 0 aromatic heterocycles. The zero-order valence-corrected chi connectivity index (χ0v) is 24.3. The summed E-state index contributed by atoms with van der Waals surface area (Å²) in [6.45, 7) is 2.46. The van der Waals surface area contributed by atoms with Gasteiger partial charge in [0, 0.05) is 27.7 Å². The highest BCUT2D eigenvalue weighted by atomic mass is 127. The molecule has 1 saturated heterocycles. The highest BCUT2D eigenvalue weighted by molar-refractivity contribution is 14.1. The van der Waals surface area contributed by atoms with Gasteiger partial charge in [0.2, 0.25) is 0 Å². The van der Waals surface area contributed by atoms with E-state index < -0.39 is 16.1 Å². The highest BCUT2D eigenvalue weighted by Gasteiger charge is 2.35. The lowest BCUT2D eigenvalue weighted by molar-refractivity contribution is -0.384. The maximum atomic E-state index is 13.0. The summed E-state index contributed by atoms with van der Waals surface area (Å²) in [6.07, 6.45) is 1.63. The highest BCUT2D eigenvalue weighted by Crippen LogP contribution is 2.38. The van der Waals surface area contributed by atoms with Crippen molar-refractivity contribution >= 4 is 80.5 Å². The Labute approximate surface area is 246 Å². The minimum Gasteiger partial charge on any atom is -0.490 e. The Morgan fingerprint density at radius 1 is 1.08 bits per heavy atom. The van der Waals surface area contributed by atoms with Crippen LogP contribution in [0.3, 0.4) is 0 Å². The van der Waals surface area contributed by atoms with Crippen molar-refractivity contribution in [3.05, 3.63) is 99.9 Å². The zero-order chi connectivity index (χ0) is 27.4. The van der Waals surface area contributed by atoms with Crippen molar-refractivity contribution in [1.29, 1.82) is 0 Å². The molecule has 4 rings (SSSR count). The number of ether oxygens (including phenoxy) is 2. The second kappa shape index (κ2) is 12.4. The second-order valence-electron chi connectivity index (χ2n) is 7.98. The molecule has 12 heteroatoms. The number of imide groups is 1. The van der Waals surface area contributed by atoms with Gasteiger partial charge in [0.15, 0.2) is 11.5 Å². The number of nitrogens with zero attached hydrogens (tertiary/aromatic N) is 2. The predicted octanol–water partition coefficient (Wildman–Crippen LogP) is 7.72. The normalized spacial score (nSPS) is 14.3. The number of nitro groups is 1.